The molecule has 0 N–H and O–H groups in total. The van der Waals surface area contributed by atoms with E-state index >= 15 is 0 Å². The zero-order chi connectivity index (χ0) is 22.3. The average molecular weight is 441 g/mol. The Bertz CT molecular complexity index is 991. The fourth-order valence-electron chi connectivity index (χ4n) is 5.16. The van der Waals surface area contributed by atoms with Gasteiger partial charge in [-0.25, -0.2) is 0 Å². The standard InChI is InChI=1S/C25H32N2O3S/c1-15-12-16(2)20(21(29)13-15)14-27-11-5-6-22-23(24(27)30)17(3)25(31-22)26(4)18-7-9-19(28)10-8-18/h12,18H,5-11,13-14H2,1-4H3. The Labute approximate surface area is 188 Å². The minimum atomic E-state index is 0.0547. The van der Waals surface area contributed by atoms with Crippen LogP contribution in [0.5, 0.6) is 0 Å². The summed E-state index contributed by atoms with van der Waals surface area (Å²) in [5.41, 5.74) is 4.73. The van der Waals surface area contributed by atoms with E-state index in [4.69, 9.17) is 0 Å². The maximum Gasteiger partial charge on any atom is 0.255 e. The lowest BCUT2D eigenvalue weighted by Gasteiger charge is -2.32. The van der Waals surface area contributed by atoms with Crippen LogP contribution in [-0.2, 0) is 16.0 Å². The third kappa shape index (κ3) is 4.27. The summed E-state index contributed by atoms with van der Waals surface area (Å²) < 4.78 is 0. The molecule has 0 bridgehead atoms. The Hall–Kier alpha value is -2.21. The molecule has 1 amide bonds. The summed E-state index contributed by atoms with van der Waals surface area (Å²) >= 11 is 1.74. The first kappa shape index (κ1) is 22.0. The highest BCUT2D eigenvalue weighted by molar-refractivity contribution is 7.16. The second-order valence-corrected chi connectivity index (χ2v) is 10.4. The summed E-state index contributed by atoms with van der Waals surface area (Å²) in [6, 6.07) is 0.354. The van der Waals surface area contributed by atoms with E-state index in [0.29, 0.717) is 44.2 Å². The lowest BCUT2D eigenvalue weighted by atomic mass is 9.92. The lowest BCUT2D eigenvalue weighted by molar-refractivity contribution is -0.120. The molecule has 0 spiro atoms. The van der Waals surface area contributed by atoms with Gasteiger partial charge >= 0.3 is 0 Å². The van der Waals surface area contributed by atoms with Crippen LogP contribution in [0.4, 0.5) is 5.00 Å². The fourth-order valence-corrected chi connectivity index (χ4v) is 6.53. The van der Waals surface area contributed by atoms with Crippen LogP contribution in [-0.4, -0.2) is 48.6 Å². The molecule has 0 radical (unpaired) electrons. The minimum absolute atomic E-state index is 0.0547. The van der Waals surface area contributed by atoms with Gasteiger partial charge in [0.1, 0.15) is 5.78 Å². The Morgan fingerprint density at radius 3 is 2.48 bits per heavy atom. The van der Waals surface area contributed by atoms with E-state index < -0.39 is 0 Å². The second kappa shape index (κ2) is 8.73. The van der Waals surface area contributed by atoms with Gasteiger partial charge in [0.05, 0.1) is 10.6 Å². The number of aryl methyl sites for hydroxylation is 1. The van der Waals surface area contributed by atoms with Gasteiger partial charge in [-0.15, -0.1) is 11.3 Å². The highest BCUT2D eigenvalue weighted by Crippen LogP contribution is 2.40. The van der Waals surface area contributed by atoms with Crippen LogP contribution < -0.4 is 4.90 Å². The molecular formula is C25H32N2O3S. The van der Waals surface area contributed by atoms with Crippen LogP contribution >= 0.6 is 11.3 Å². The number of fused-ring (bicyclic) bond motifs is 1. The van der Waals surface area contributed by atoms with E-state index in [-0.39, 0.29) is 11.7 Å². The van der Waals surface area contributed by atoms with E-state index in [2.05, 4.69) is 24.9 Å². The van der Waals surface area contributed by atoms with Crippen LogP contribution in [0.15, 0.2) is 22.8 Å². The molecule has 1 fully saturated rings. The van der Waals surface area contributed by atoms with E-state index in [1.807, 2.05) is 18.7 Å². The van der Waals surface area contributed by atoms with Crippen molar-refractivity contribution in [3.8, 4) is 0 Å². The number of carbonyl (C=O) groups is 3. The topological polar surface area (TPSA) is 57.7 Å². The summed E-state index contributed by atoms with van der Waals surface area (Å²) in [5, 5.41) is 1.15. The molecule has 0 aromatic carbocycles. The van der Waals surface area contributed by atoms with Gasteiger partial charge in [0.2, 0.25) is 0 Å². The smallest absolute Gasteiger partial charge is 0.255 e. The van der Waals surface area contributed by atoms with Crippen LogP contribution in [0, 0.1) is 6.92 Å². The zero-order valence-electron chi connectivity index (χ0n) is 19.0. The number of hydrogen-bond donors (Lipinski definition) is 0. The van der Waals surface area contributed by atoms with Crippen molar-refractivity contribution in [2.75, 3.05) is 25.0 Å². The van der Waals surface area contributed by atoms with E-state index in [0.717, 1.165) is 63.4 Å². The number of Topliss-reactive ketones (excluding diaryl/α,β-unsaturated/α-hetero) is 2. The molecule has 0 unspecified atom stereocenters. The van der Waals surface area contributed by atoms with Crippen LogP contribution in [0.2, 0.25) is 0 Å². The van der Waals surface area contributed by atoms with Gasteiger partial charge in [-0.2, -0.15) is 0 Å². The lowest BCUT2D eigenvalue weighted by Crippen LogP contribution is -2.36. The van der Waals surface area contributed by atoms with Crippen molar-refractivity contribution in [2.24, 2.45) is 0 Å². The Morgan fingerprint density at radius 2 is 1.81 bits per heavy atom. The summed E-state index contributed by atoms with van der Waals surface area (Å²) in [5.74, 6) is 0.559. The molecule has 2 heterocycles. The molecule has 1 aromatic heterocycles. The van der Waals surface area contributed by atoms with Crippen molar-refractivity contribution in [3.63, 3.8) is 0 Å². The van der Waals surface area contributed by atoms with Crippen molar-refractivity contribution in [1.82, 2.24) is 4.90 Å². The largest absolute Gasteiger partial charge is 0.363 e. The normalized spacial score (nSPS) is 20.7. The maximum atomic E-state index is 13.6. The number of hydrogen-bond acceptors (Lipinski definition) is 5. The first-order valence-corrected chi connectivity index (χ1v) is 12.1. The molecule has 2 aliphatic carbocycles. The van der Waals surface area contributed by atoms with Crippen LogP contribution in [0.3, 0.4) is 0 Å². The van der Waals surface area contributed by atoms with E-state index in [1.165, 1.54) is 0 Å². The number of anilines is 1. The van der Waals surface area contributed by atoms with Gasteiger partial charge in [-0.1, -0.05) is 11.6 Å². The molecule has 6 heteroatoms. The minimum Gasteiger partial charge on any atom is -0.363 e. The van der Waals surface area contributed by atoms with Crippen molar-refractivity contribution < 1.29 is 14.4 Å². The van der Waals surface area contributed by atoms with Gasteiger partial charge in [0.25, 0.3) is 5.91 Å². The predicted octanol–water partition coefficient (Wildman–Crippen LogP) is 4.63. The molecule has 4 rings (SSSR count). The van der Waals surface area contributed by atoms with Crippen molar-refractivity contribution >= 4 is 33.8 Å². The van der Waals surface area contributed by atoms with Crippen LogP contribution in [0.1, 0.15) is 73.2 Å². The van der Waals surface area contributed by atoms with Crippen molar-refractivity contribution in [2.45, 2.75) is 71.8 Å². The third-order valence-corrected chi connectivity index (χ3v) is 8.41. The molecule has 3 aliphatic rings. The first-order valence-electron chi connectivity index (χ1n) is 11.3. The molecule has 1 aliphatic heterocycles. The number of rotatable bonds is 4. The van der Waals surface area contributed by atoms with Gasteiger partial charge in [-0.05, 0) is 57.6 Å². The second-order valence-electron chi connectivity index (χ2n) is 9.29. The van der Waals surface area contributed by atoms with Gasteiger partial charge in [0, 0.05) is 55.9 Å². The third-order valence-electron chi connectivity index (χ3n) is 6.97. The zero-order valence-corrected chi connectivity index (χ0v) is 19.9. The van der Waals surface area contributed by atoms with Crippen molar-refractivity contribution in [1.29, 1.82) is 0 Å². The summed E-state index contributed by atoms with van der Waals surface area (Å²) in [6.45, 7) is 7.09. The van der Waals surface area contributed by atoms with E-state index in [1.54, 1.807) is 11.3 Å². The number of thiophene rings is 1. The number of carbonyl (C=O) groups excluding carboxylic acids is 3. The Kier molecular flexibility index (Phi) is 6.20. The highest BCUT2D eigenvalue weighted by Gasteiger charge is 2.32. The number of allylic oxidation sites excluding steroid dienone is 3. The monoisotopic (exact) mass is 440 g/mol. The number of nitrogens with zero attached hydrogens (tertiary/aromatic N) is 2. The van der Waals surface area contributed by atoms with Gasteiger partial charge in [-0.3, -0.25) is 14.4 Å². The molecule has 31 heavy (non-hydrogen) atoms. The molecule has 166 valence electrons. The predicted molar refractivity (Wildman–Crippen MR) is 125 cm³/mol. The molecule has 1 aromatic rings. The van der Waals surface area contributed by atoms with E-state index in [9.17, 15) is 14.4 Å². The molecule has 0 saturated heterocycles. The summed E-state index contributed by atoms with van der Waals surface area (Å²) in [6.07, 6.45) is 7.42. The molecule has 1 saturated carbocycles. The maximum absolute atomic E-state index is 13.6. The summed E-state index contributed by atoms with van der Waals surface area (Å²) in [4.78, 5) is 43.2. The van der Waals surface area contributed by atoms with Crippen LogP contribution in [0.25, 0.3) is 0 Å². The number of ketones is 2. The molecule has 5 nitrogen and oxygen atoms in total. The van der Waals surface area contributed by atoms with Gasteiger partial charge < -0.3 is 9.80 Å². The molecule has 0 atom stereocenters. The highest BCUT2D eigenvalue weighted by atomic mass is 32.1. The average Bonchev–Trinajstić information content (AvgIpc) is 2.95. The molecular weight excluding hydrogens is 408 g/mol. The Balaban J connectivity index is 1.59. The Morgan fingerprint density at radius 1 is 1.10 bits per heavy atom. The SMILES string of the molecule is CC1=CC(C)=C(CN2CCCc3sc(N(C)C4CCC(=O)CC4)c(C)c3C2=O)C(=O)C1. The summed E-state index contributed by atoms with van der Waals surface area (Å²) in [7, 11) is 2.10. The number of amides is 1. The fraction of sp³-hybridized carbons (Fsp3) is 0.560. The first-order chi connectivity index (χ1) is 14.8. The van der Waals surface area contributed by atoms with Gasteiger partial charge in [0.15, 0.2) is 5.78 Å². The quantitative estimate of drug-likeness (QED) is 0.685. The van der Waals surface area contributed by atoms with Crippen molar-refractivity contribution in [3.05, 3.63) is 38.8 Å².